The smallest absolute Gasteiger partial charge is 0.119 e. The van der Waals surface area contributed by atoms with Crippen LogP contribution < -0.4 is 4.74 Å². The van der Waals surface area contributed by atoms with Crippen molar-refractivity contribution < 1.29 is 4.74 Å². The third-order valence-electron chi connectivity index (χ3n) is 2.99. The Kier molecular flexibility index (Phi) is 4.64. The van der Waals surface area contributed by atoms with Gasteiger partial charge in [0.05, 0.1) is 6.61 Å². The van der Waals surface area contributed by atoms with Gasteiger partial charge in [0.1, 0.15) is 5.75 Å². The molecule has 0 saturated heterocycles. The van der Waals surface area contributed by atoms with Gasteiger partial charge in [-0.3, -0.25) is 0 Å². The third-order valence-corrected chi connectivity index (χ3v) is 7.00. The van der Waals surface area contributed by atoms with Gasteiger partial charge in [0, 0.05) is 12.4 Å². The molecule has 0 unspecified atom stereocenters. The summed E-state index contributed by atoms with van der Waals surface area (Å²) in [5.74, 6) is 0.984. The predicted molar refractivity (Wildman–Crippen MR) is 77.6 cm³/mol. The van der Waals surface area contributed by atoms with E-state index in [2.05, 4.69) is 61.7 Å². The van der Waals surface area contributed by atoms with Crippen molar-refractivity contribution in [3.8, 4) is 5.75 Å². The van der Waals surface area contributed by atoms with Gasteiger partial charge < -0.3 is 4.74 Å². The van der Waals surface area contributed by atoms with Crippen LogP contribution in [0, 0.1) is 3.57 Å². The highest BCUT2D eigenvalue weighted by Crippen LogP contribution is 2.29. The molecule has 1 aromatic carbocycles. The highest BCUT2D eigenvalue weighted by molar-refractivity contribution is 14.1. The lowest BCUT2D eigenvalue weighted by Crippen LogP contribution is -2.27. The summed E-state index contributed by atoms with van der Waals surface area (Å²) in [5.41, 5.74) is 0. The molecule has 1 nitrogen and oxygen atoms in total. The molecule has 3 heteroatoms. The first-order valence-corrected chi connectivity index (χ1v) is 9.27. The summed E-state index contributed by atoms with van der Waals surface area (Å²) in [6.07, 6.45) is 0. The van der Waals surface area contributed by atoms with Crippen LogP contribution in [0.3, 0.4) is 0 Å². The van der Waals surface area contributed by atoms with Crippen molar-refractivity contribution in [2.75, 3.05) is 6.61 Å². The minimum atomic E-state index is -0.657. The normalized spacial score (nSPS) is 11.9. The van der Waals surface area contributed by atoms with E-state index in [1.807, 2.05) is 12.1 Å². The molecule has 0 aliphatic rings. The van der Waals surface area contributed by atoms with E-state index in [4.69, 9.17) is 4.74 Å². The van der Waals surface area contributed by atoms with Gasteiger partial charge in [0.25, 0.3) is 0 Å². The molecule has 0 amide bonds. The molecule has 0 bridgehead atoms. The van der Waals surface area contributed by atoms with Gasteiger partial charge in [-0.2, -0.15) is 0 Å². The van der Waals surface area contributed by atoms with E-state index in [1.165, 1.54) is 3.57 Å². The monoisotopic (exact) mass is 334 g/mol. The lowest BCUT2D eigenvalue weighted by atomic mass is 10.2. The molecule has 0 radical (unpaired) electrons. The summed E-state index contributed by atoms with van der Waals surface area (Å²) >= 11 is 2.30. The highest BCUT2D eigenvalue weighted by Gasteiger charge is 2.24. The number of hydrogen-bond acceptors (Lipinski definition) is 1. The van der Waals surface area contributed by atoms with Crippen molar-refractivity contribution in [2.45, 2.75) is 32.0 Å². The molecule has 1 rings (SSSR count). The second-order valence-corrected chi connectivity index (χ2v) is 10.0. The van der Waals surface area contributed by atoms with Crippen LogP contribution >= 0.6 is 22.6 Å². The first kappa shape index (κ1) is 13.0. The van der Waals surface area contributed by atoms with Crippen LogP contribution in [0.4, 0.5) is 0 Å². The molecule has 0 spiro atoms. The highest BCUT2D eigenvalue weighted by atomic mass is 127. The van der Waals surface area contributed by atoms with E-state index in [0.717, 1.165) is 12.4 Å². The molecular weight excluding hydrogens is 315 g/mol. The maximum absolute atomic E-state index is 5.82. The van der Waals surface area contributed by atoms with Crippen LogP contribution in [-0.4, -0.2) is 15.4 Å². The number of hydrogen-bond donors (Lipinski definition) is 0. The number of benzene rings is 1. The molecule has 0 atom stereocenters. The zero-order valence-electron chi connectivity index (χ0n) is 9.88. The van der Waals surface area contributed by atoms with Crippen molar-refractivity contribution >= 4 is 31.4 Å². The Morgan fingerprint density at radius 1 is 1.20 bits per heavy atom. The minimum Gasteiger partial charge on any atom is -0.493 e. The standard InChI is InChI=1S/C12H19IOSi/c1-12(2,15(3)4)9-14-11-7-5-10(13)6-8-11/h5-8,15H,9H2,1-4H3. The fraction of sp³-hybridized carbons (Fsp3) is 0.500. The summed E-state index contributed by atoms with van der Waals surface area (Å²) in [6.45, 7) is 10.2. The molecule has 0 aromatic heterocycles. The molecule has 1 aromatic rings. The Bertz CT molecular complexity index is 306. The summed E-state index contributed by atoms with van der Waals surface area (Å²) < 4.78 is 7.07. The zero-order chi connectivity index (χ0) is 11.5. The topological polar surface area (TPSA) is 9.23 Å². The van der Waals surface area contributed by atoms with Crippen molar-refractivity contribution in [1.29, 1.82) is 0 Å². The SMILES string of the molecule is C[SiH](C)C(C)(C)COc1ccc(I)cc1. The fourth-order valence-electron chi connectivity index (χ4n) is 0.967. The van der Waals surface area contributed by atoms with Gasteiger partial charge >= 0.3 is 0 Å². The summed E-state index contributed by atoms with van der Waals surface area (Å²) in [4.78, 5) is 0. The first-order chi connectivity index (χ1) is 6.92. The average molecular weight is 334 g/mol. The van der Waals surface area contributed by atoms with Crippen molar-refractivity contribution in [3.63, 3.8) is 0 Å². The third kappa shape index (κ3) is 4.15. The molecule has 0 fully saturated rings. The predicted octanol–water partition coefficient (Wildman–Crippen LogP) is 3.94. The van der Waals surface area contributed by atoms with Crippen LogP contribution in [-0.2, 0) is 0 Å². The number of rotatable bonds is 4. The molecular formula is C12H19IOSi. The largest absolute Gasteiger partial charge is 0.493 e. The van der Waals surface area contributed by atoms with Crippen molar-refractivity contribution in [3.05, 3.63) is 27.8 Å². The second kappa shape index (κ2) is 5.34. The van der Waals surface area contributed by atoms with Gasteiger partial charge in [-0.05, 0) is 51.9 Å². The number of ether oxygens (including phenoxy) is 1. The van der Waals surface area contributed by atoms with E-state index >= 15 is 0 Å². The second-order valence-electron chi connectivity index (χ2n) is 4.89. The van der Waals surface area contributed by atoms with Crippen molar-refractivity contribution in [2.24, 2.45) is 0 Å². The van der Waals surface area contributed by atoms with E-state index in [-0.39, 0.29) is 0 Å². The van der Waals surface area contributed by atoms with Gasteiger partial charge in [-0.15, -0.1) is 0 Å². The maximum atomic E-state index is 5.82. The molecule has 0 aliphatic carbocycles. The number of halogens is 1. The molecule has 0 saturated carbocycles. The summed E-state index contributed by atoms with van der Waals surface area (Å²) in [5, 5.41) is 0.364. The molecule has 15 heavy (non-hydrogen) atoms. The van der Waals surface area contributed by atoms with E-state index in [1.54, 1.807) is 0 Å². The molecule has 0 aliphatic heterocycles. The Labute approximate surface area is 108 Å². The van der Waals surface area contributed by atoms with E-state index < -0.39 is 8.80 Å². The Balaban J connectivity index is 2.54. The first-order valence-electron chi connectivity index (χ1n) is 5.30. The van der Waals surface area contributed by atoms with Crippen LogP contribution in [0.25, 0.3) is 0 Å². The average Bonchev–Trinajstić information content (AvgIpc) is 2.17. The zero-order valence-corrected chi connectivity index (χ0v) is 13.2. The van der Waals surface area contributed by atoms with Gasteiger partial charge in [-0.25, -0.2) is 0 Å². The van der Waals surface area contributed by atoms with Crippen LogP contribution in [0.2, 0.25) is 18.1 Å². The van der Waals surface area contributed by atoms with Crippen LogP contribution in [0.1, 0.15) is 13.8 Å². The van der Waals surface area contributed by atoms with Gasteiger partial charge in [0.15, 0.2) is 0 Å². The summed E-state index contributed by atoms with van der Waals surface area (Å²) in [6, 6.07) is 8.24. The minimum absolute atomic E-state index is 0.364. The Morgan fingerprint density at radius 2 is 1.73 bits per heavy atom. The fourth-order valence-corrected chi connectivity index (χ4v) is 1.74. The van der Waals surface area contributed by atoms with Gasteiger partial charge in [-0.1, -0.05) is 26.9 Å². The Morgan fingerprint density at radius 3 is 2.20 bits per heavy atom. The van der Waals surface area contributed by atoms with Crippen molar-refractivity contribution in [1.82, 2.24) is 0 Å². The summed E-state index contributed by atoms with van der Waals surface area (Å²) in [7, 11) is -0.657. The van der Waals surface area contributed by atoms with Gasteiger partial charge in [0.2, 0.25) is 0 Å². The van der Waals surface area contributed by atoms with E-state index in [0.29, 0.717) is 5.04 Å². The van der Waals surface area contributed by atoms with E-state index in [9.17, 15) is 0 Å². The quantitative estimate of drug-likeness (QED) is 0.599. The van der Waals surface area contributed by atoms with Crippen LogP contribution in [0.15, 0.2) is 24.3 Å². The van der Waals surface area contributed by atoms with Crippen LogP contribution in [0.5, 0.6) is 5.75 Å². The lowest BCUT2D eigenvalue weighted by molar-refractivity contribution is 0.276. The molecule has 0 heterocycles. The maximum Gasteiger partial charge on any atom is 0.119 e. The lowest BCUT2D eigenvalue weighted by Gasteiger charge is -2.28. The molecule has 0 N–H and O–H groups in total. The molecule has 84 valence electrons. The Hall–Kier alpha value is -0.0331.